The van der Waals surface area contributed by atoms with E-state index in [1.54, 1.807) is 52.0 Å². The summed E-state index contributed by atoms with van der Waals surface area (Å²) in [6, 6.07) is 8.15. The molecular formula is C23H34N2O4S. The van der Waals surface area contributed by atoms with Gasteiger partial charge in [0.1, 0.15) is 5.60 Å². The van der Waals surface area contributed by atoms with Gasteiger partial charge in [-0.3, -0.25) is 0 Å². The third-order valence-electron chi connectivity index (χ3n) is 5.54. The van der Waals surface area contributed by atoms with Crippen LogP contribution in [0.2, 0.25) is 0 Å². The van der Waals surface area contributed by atoms with Gasteiger partial charge in [-0.2, -0.15) is 5.26 Å². The van der Waals surface area contributed by atoms with Crippen molar-refractivity contribution < 1.29 is 17.9 Å². The molecule has 1 aromatic rings. The molecular weight excluding hydrogens is 400 g/mol. The lowest BCUT2D eigenvalue weighted by molar-refractivity contribution is 0.0501. The Labute approximate surface area is 180 Å². The summed E-state index contributed by atoms with van der Waals surface area (Å²) in [5, 5.41) is 11.0. The first-order valence-corrected chi connectivity index (χ1v) is 12.4. The first-order valence-electron chi connectivity index (χ1n) is 10.7. The van der Waals surface area contributed by atoms with Crippen LogP contribution in [-0.4, -0.2) is 31.9 Å². The summed E-state index contributed by atoms with van der Waals surface area (Å²) in [5.41, 5.74) is 0.488. The molecule has 0 radical (unpaired) electrons. The van der Waals surface area contributed by atoms with Gasteiger partial charge < -0.3 is 10.1 Å². The van der Waals surface area contributed by atoms with Crippen LogP contribution < -0.4 is 5.32 Å². The molecule has 1 aliphatic rings. The van der Waals surface area contributed by atoms with Crippen molar-refractivity contribution in [2.75, 3.05) is 5.75 Å². The highest BCUT2D eigenvalue weighted by molar-refractivity contribution is 7.91. The summed E-state index contributed by atoms with van der Waals surface area (Å²) < 4.78 is 31.7. The Morgan fingerprint density at radius 1 is 1.20 bits per heavy atom. The fourth-order valence-electron chi connectivity index (χ4n) is 3.93. The quantitative estimate of drug-likeness (QED) is 0.658. The Morgan fingerprint density at radius 2 is 1.80 bits per heavy atom. The van der Waals surface area contributed by atoms with Gasteiger partial charge in [-0.25, -0.2) is 13.2 Å². The van der Waals surface area contributed by atoms with Crippen molar-refractivity contribution in [3.63, 3.8) is 0 Å². The minimum Gasteiger partial charge on any atom is -0.444 e. The SMILES string of the molecule is CC(c1ccc(C#N)cc1)S(=O)(=O)CC(CC1CCCCC1)NC(=O)OC(C)(C)C. The number of amides is 1. The monoisotopic (exact) mass is 434 g/mol. The van der Waals surface area contributed by atoms with Crippen molar-refractivity contribution in [2.24, 2.45) is 5.92 Å². The molecule has 0 bridgehead atoms. The topological polar surface area (TPSA) is 96.3 Å². The van der Waals surface area contributed by atoms with Crippen LogP contribution >= 0.6 is 0 Å². The summed E-state index contributed by atoms with van der Waals surface area (Å²) >= 11 is 0. The van der Waals surface area contributed by atoms with E-state index in [-0.39, 0.29) is 5.75 Å². The van der Waals surface area contributed by atoms with Gasteiger partial charge in [-0.05, 0) is 57.7 Å². The van der Waals surface area contributed by atoms with E-state index in [1.807, 2.05) is 6.07 Å². The lowest BCUT2D eigenvalue weighted by atomic mass is 9.85. The fourth-order valence-corrected chi connectivity index (χ4v) is 5.57. The second kappa shape index (κ2) is 10.3. The van der Waals surface area contributed by atoms with Gasteiger partial charge in [0, 0.05) is 6.04 Å². The van der Waals surface area contributed by atoms with Crippen LogP contribution in [0.3, 0.4) is 0 Å². The van der Waals surface area contributed by atoms with Gasteiger partial charge in [0.05, 0.1) is 22.6 Å². The molecule has 1 aromatic carbocycles. The lowest BCUT2D eigenvalue weighted by Crippen LogP contribution is -2.44. The van der Waals surface area contributed by atoms with Gasteiger partial charge in [-0.1, -0.05) is 44.2 Å². The number of hydrogen-bond acceptors (Lipinski definition) is 5. The van der Waals surface area contributed by atoms with Crippen LogP contribution in [0.25, 0.3) is 0 Å². The maximum absolute atomic E-state index is 13.1. The van der Waals surface area contributed by atoms with Crippen LogP contribution in [0.5, 0.6) is 0 Å². The molecule has 30 heavy (non-hydrogen) atoms. The number of nitrogens with one attached hydrogen (secondary N) is 1. The number of nitrogens with zero attached hydrogens (tertiary/aromatic N) is 1. The Hall–Kier alpha value is -2.07. The third kappa shape index (κ3) is 7.64. The Bertz CT molecular complexity index is 845. The molecule has 166 valence electrons. The molecule has 1 N–H and O–H groups in total. The number of alkyl carbamates (subject to hydrolysis) is 1. The van der Waals surface area contributed by atoms with E-state index in [1.165, 1.54) is 6.42 Å². The first-order chi connectivity index (χ1) is 14.0. The summed E-state index contributed by atoms with van der Waals surface area (Å²) in [4.78, 5) is 12.3. The van der Waals surface area contributed by atoms with Gasteiger partial charge in [-0.15, -0.1) is 0 Å². The number of benzene rings is 1. The Balaban J connectivity index is 2.14. The molecule has 1 fully saturated rings. The van der Waals surface area contributed by atoms with E-state index < -0.39 is 32.8 Å². The number of sulfone groups is 1. The molecule has 0 saturated heterocycles. The molecule has 1 aliphatic carbocycles. The average molecular weight is 435 g/mol. The van der Waals surface area contributed by atoms with Crippen molar-refractivity contribution in [2.45, 2.75) is 83.1 Å². The smallest absolute Gasteiger partial charge is 0.407 e. The van der Waals surface area contributed by atoms with E-state index in [2.05, 4.69) is 5.32 Å². The third-order valence-corrected chi connectivity index (χ3v) is 7.76. The van der Waals surface area contributed by atoms with Crippen LogP contribution in [0, 0.1) is 17.2 Å². The zero-order valence-corrected chi connectivity index (χ0v) is 19.3. The summed E-state index contributed by atoms with van der Waals surface area (Å²) in [6.07, 6.45) is 5.71. The van der Waals surface area contributed by atoms with Gasteiger partial charge in [0.2, 0.25) is 0 Å². The fraction of sp³-hybridized carbons (Fsp3) is 0.652. The molecule has 7 heteroatoms. The second-order valence-corrected chi connectivity index (χ2v) is 11.7. The Morgan fingerprint density at radius 3 is 2.33 bits per heavy atom. The van der Waals surface area contributed by atoms with Crippen molar-refractivity contribution in [3.8, 4) is 6.07 Å². The van der Waals surface area contributed by atoms with E-state index in [0.717, 1.165) is 25.7 Å². The van der Waals surface area contributed by atoms with Gasteiger partial charge >= 0.3 is 6.09 Å². The predicted molar refractivity (Wildman–Crippen MR) is 118 cm³/mol. The van der Waals surface area contributed by atoms with E-state index in [0.29, 0.717) is 23.5 Å². The normalized spacial score (nSPS) is 17.6. The number of ether oxygens (including phenoxy) is 1. The average Bonchev–Trinajstić information content (AvgIpc) is 2.66. The molecule has 0 aliphatic heterocycles. The van der Waals surface area contributed by atoms with Gasteiger partial charge in [0.25, 0.3) is 0 Å². The number of carbonyl (C=O) groups excluding carboxylic acids is 1. The van der Waals surface area contributed by atoms with E-state index in [9.17, 15) is 13.2 Å². The maximum atomic E-state index is 13.1. The number of nitriles is 1. The van der Waals surface area contributed by atoms with Gasteiger partial charge in [0.15, 0.2) is 9.84 Å². The standard InChI is InChI=1S/C23H34N2O4S/c1-17(20-12-10-19(15-24)11-13-20)30(27,28)16-21(14-18-8-6-5-7-9-18)25-22(26)29-23(2,3)4/h10-13,17-18,21H,5-9,14,16H2,1-4H3,(H,25,26). The Kier molecular flexibility index (Phi) is 8.31. The van der Waals surface area contributed by atoms with E-state index in [4.69, 9.17) is 10.00 Å². The predicted octanol–water partition coefficient (Wildman–Crippen LogP) is 4.90. The summed E-state index contributed by atoms with van der Waals surface area (Å²) in [5.74, 6) is 0.281. The molecule has 2 atom stereocenters. The summed E-state index contributed by atoms with van der Waals surface area (Å²) in [6.45, 7) is 7.01. The minimum absolute atomic E-state index is 0.135. The largest absolute Gasteiger partial charge is 0.444 e. The molecule has 2 rings (SSSR count). The molecule has 1 saturated carbocycles. The van der Waals surface area contributed by atoms with Crippen LogP contribution in [-0.2, 0) is 14.6 Å². The van der Waals surface area contributed by atoms with Crippen LogP contribution in [0.4, 0.5) is 4.79 Å². The zero-order chi connectivity index (χ0) is 22.4. The number of carbonyl (C=O) groups is 1. The molecule has 6 nitrogen and oxygen atoms in total. The molecule has 2 unspecified atom stereocenters. The zero-order valence-electron chi connectivity index (χ0n) is 18.5. The molecule has 0 aromatic heterocycles. The molecule has 0 spiro atoms. The number of rotatable bonds is 7. The second-order valence-electron chi connectivity index (χ2n) is 9.29. The maximum Gasteiger partial charge on any atom is 0.407 e. The summed E-state index contributed by atoms with van der Waals surface area (Å²) in [7, 11) is -3.53. The van der Waals surface area contributed by atoms with Crippen molar-refractivity contribution >= 4 is 15.9 Å². The number of hydrogen-bond donors (Lipinski definition) is 1. The van der Waals surface area contributed by atoms with Crippen molar-refractivity contribution in [1.29, 1.82) is 5.26 Å². The highest BCUT2D eigenvalue weighted by Gasteiger charge is 2.30. The van der Waals surface area contributed by atoms with Crippen LogP contribution in [0.1, 0.15) is 82.6 Å². The highest BCUT2D eigenvalue weighted by atomic mass is 32.2. The van der Waals surface area contributed by atoms with Crippen molar-refractivity contribution in [1.82, 2.24) is 5.32 Å². The van der Waals surface area contributed by atoms with E-state index >= 15 is 0 Å². The highest BCUT2D eigenvalue weighted by Crippen LogP contribution is 2.29. The molecule has 1 amide bonds. The minimum atomic E-state index is -3.53. The van der Waals surface area contributed by atoms with Crippen LogP contribution in [0.15, 0.2) is 24.3 Å². The lowest BCUT2D eigenvalue weighted by Gasteiger charge is -2.29. The van der Waals surface area contributed by atoms with Crippen molar-refractivity contribution in [3.05, 3.63) is 35.4 Å². The molecule has 0 heterocycles. The first kappa shape index (κ1) is 24.2.